The van der Waals surface area contributed by atoms with Crippen LogP contribution in [0.4, 0.5) is 5.69 Å². The lowest BCUT2D eigenvalue weighted by molar-refractivity contribution is -0.145. The van der Waals surface area contributed by atoms with Gasteiger partial charge in [-0.2, -0.15) is 0 Å². The van der Waals surface area contributed by atoms with Gasteiger partial charge in [-0.15, -0.1) is 0 Å². The van der Waals surface area contributed by atoms with Crippen LogP contribution >= 0.6 is 0 Å². The molecule has 0 heterocycles. The lowest BCUT2D eigenvalue weighted by Crippen LogP contribution is -2.15. The van der Waals surface area contributed by atoms with Crippen molar-refractivity contribution >= 4 is 21.7 Å². The van der Waals surface area contributed by atoms with Gasteiger partial charge in [0.1, 0.15) is 11.5 Å². The number of anilines is 1. The molecule has 0 fully saturated rings. The van der Waals surface area contributed by atoms with Crippen LogP contribution < -0.4 is 14.2 Å². The predicted molar refractivity (Wildman–Crippen MR) is 92.4 cm³/mol. The molecule has 0 spiro atoms. The second-order valence-corrected chi connectivity index (χ2v) is 6.58. The summed E-state index contributed by atoms with van der Waals surface area (Å²) in [6, 6.07) is 12.3. The van der Waals surface area contributed by atoms with Crippen molar-refractivity contribution in [3.63, 3.8) is 0 Å². The van der Waals surface area contributed by atoms with E-state index in [0.717, 1.165) is 0 Å². The van der Waals surface area contributed by atoms with Crippen molar-refractivity contribution in [2.24, 2.45) is 0 Å². The fourth-order valence-corrected chi connectivity index (χ4v) is 3.01. The Morgan fingerprint density at radius 3 is 2.44 bits per heavy atom. The van der Waals surface area contributed by atoms with Crippen LogP contribution in [0.1, 0.15) is 6.92 Å². The van der Waals surface area contributed by atoms with E-state index in [1.165, 1.54) is 31.4 Å². The van der Waals surface area contributed by atoms with Gasteiger partial charge >= 0.3 is 5.97 Å². The van der Waals surface area contributed by atoms with Crippen molar-refractivity contribution in [2.75, 3.05) is 25.0 Å². The summed E-state index contributed by atoms with van der Waals surface area (Å²) in [5.41, 5.74) is 0.391. The summed E-state index contributed by atoms with van der Waals surface area (Å²) in [6.07, 6.45) is 0. The van der Waals surface area contributed by atoms with Crippen LogP contribution in [-0.2, 0) is 19.6 Å². The number of esters is 1. The Morgan fingerprint density at radius 1 is 1.08 bits per heavy atom. The van der Waals surface area contributed by atoms with Crippen molar-refractivity contribution in [1.29, 1.82) is 0 Å². The van der Waals surface area contributed by atoms with Crippen molar-refractivity contribution in [3.05, 3.63) is 48.5 Å². The Bertz CT molecular complexity index is 817. The number of sulfonamides is 1. The molecule has 8 heteroatoms. The highest BCUT2D eigenvalue weighted by Gasteiger charge is 2.15. The molecule has 0 saturated carbocycles. The van der Waals surface area contributed by atoms with Crippen LogP contribution in [0.3, 0.4) is 0 Å². The maximum absolute atomic E-state index is 12.4. The van der Waals surface area contributed by atoms with Crippen molar-refractivity contribution in [2.45, 2.75) is 11.8 Å². The number of hydrogen-bond donors (Lipinski definition) is 1. The third kappa shape index (κ3) is 5.39. The molecule has 0 aromatic heterocycles. The van der Waals surface area contributed by atoms with Gasteiger partial charge < -0.3 is 14.2 Å². The van der Waals surface area contributed by atoms with E-state index >= 15 is 0 Å². The molecule has 2 aromatic rings. The standard InChI is InChI=1S/C17H19NO6S/c1-3-23-17(19)12-24-14-7-9-16(10-8-14)25(20,21)18-13-5-4-6-15(11-13)22-2/h4-11,18H,3,12H2,1-2H3. The fourth-order valence-electron chi connectivity index (χ4n) is 1.96. The van der Waals surface area contributed by atoms with Crippen molar-refractivity contribution in [3.8, 4) is 11.5 Å². The van der Waals surface area contributed by atoms with E-state index in [0.29, 0.717) is 17.2 Å². The third-order valence-electron chi connectivity index (χ3n) is 3.12. The largest absolute Gasteiger partial charge is 0.497 e. The first-order valence-electron chi connectivity index (χ1n) is 7.50. The topological polar surface area (TPSA) is 90.9 Å². The molecule has 2 aromatic carbocycles. The van der Waals surface area contributed by atoms with E-state index in [4.69, 9.17) is 14.2 Å². The van der Waals surface area contributed by atoms with Gasteiger partial charge in [-0.3, -0.25) is 4.72 Å². The van der Waals surface area contributed by atoms with E-state index < -0.39 is 16.0 Å². The Kier molecular flexibility index (Phi) is 6.24. The molecule has 0 unspecified atom stereocenters. The quantitative estimate of drug-likeness (QED) is 0.723. The van der Waals surface area contributed by atoms with E-state index in [1.54, 1.807) is 31.2 Å². The minimum atomic E-state index is -3.75. The van der Waals surface area contributed by atoms with E-state index in [2.05, 4.69) is 4.72 Å². The highest BCUT2D eigenvalue weighted by atomic mass is 32.2. The molecule has 0 aliphatic rings. The van der Waals surface area contributed by atoms with Gasteiger partial charge in [-0.25, -0.2) is 13.2 Å². The smallest absolute Gasteiger partial charge is 0.344 e. The summed E-state index contributed by atoms with van der Waals surface area (Å²) in [5, 5.41) is 0. The molecule has 25 heavy (non-hydrogen) atoms. The summed E-state index contributed by atoms with van der Waals surface area (Å²) >= 11 is 0. The molecule has 0 aliphatic carbocycles. The van der Waals surface area contributed by atoms with E-state index in [9.17, 15) is 13.2 Å². The van der Waals surface area contributed by atoms with E-state index in [-0.39, 0.29) is 18.1 Å². The minimum Gasteiger partial charge on any atom is -0.497 e. The number of carbonyl (C=O) groups is 1. The molecule has 0 aliphatic heterocycles. The minimum absolute atomic E-state index is 0.0683. The van der Waals surface area contributed by atoms with Gasteiger partial charge in [-0.05, 0) is 43.3 Å². The Hall–Kier alpha value is -2.74. The SMILES string of the molecule is CCOC(=O)COc1ccc(S(=O)(=O)Nc2cccc(OC)c2)cc1. The molecule has 1 N–H and O–H groups in total. The third-order valence-corrected chi connectivity index (χ3v) is 4.52. The van der Waals surface area contributed by atoms with Crippen LogP contribution in [0.25, 0.3) is 0 Å². The molecule has 0 radical (unpaired) electrons. The lowest BCUT2D eigenvalue weighted by Gasteiger charge is -2.10. The zero-order valence-electron chi connectivity index (χ0n) is 13.9. The summed E-state index contributed by atoms with van der Waals surface area (Å²) in [7, 11) is -2.25. The van der Waals surface area contributed by atoms with E-state index in [1.807, 2.05) is 0 Å². The molecule has 0 atom stereocenters. The van der Waals surface area contributed by atoms with Crippen molar-refractivity contribution < 1.29 is 27.4 Å². The highest BCUT2D eigenvalue weighted by molar-refractivity contribution is 7.92. The number of carbonyl (C=O) groups excluding carboxylic acids is 1. The average Bonchev–Trinajstić information content (AvgIpc) is 2.60. The second-order valence-electron chi connectivity index (χ2n) is 4.90. The van der Waals surface area contributed by atoms with Crippen LogP contribution in [0.15, 0.2) is 53.4 Å². The number of hydrogen-bond acceptors (Lipinski definition) is 6. The van der Waals surface area contributed by atoms with Gasteiger partial charge in [0, 0.05) is 6.07 Å². The average molecular weight is 365 g/mol. The zero-order chi connectivity index (χ0) is 18.3. The van der Waals surface area contributed by atoms with Gasteiger partial charge in [0.15, 0.2) is 6.61 Å². The maximum atomic E-state index is 12.4. The Labute approximate surface area is 146 Å². The molecule has 134 valence electrons. The predicted octanol–water partition coefficient (Wildman–Crippen LogP) is 2.44. The first kappa shape index (κ1) is 18.6. The molecule has 7 nitrogen and oxygen atoms in total. The number of methoxy groups -OCH3 is 1. The maximum Gasteiger partial charge on any atom is 0.344 e. The van der Waals surface area contributed by atoms with Gasteiger partial charge in [0.2, 0.25) is 0 Å². The Balaban J connectivity index is 2.05. The molecule has 0 saturated heterocycles. The summed E-state index contributed by atoms with van der Waals surface area (Å²) in [4.78, 5) is 11.3. The normalized spacial score (nSPS) is 10.8. The highest BCUT2D eigenvalue weighted by Crippen LogP contribution is 2.22. The van der Waals surface area contributed by atoms with Crippen LogP contribution in [0.2, 0.25) is 0 Å². The summed E-state index contributed by atoms with van der Waals surface area (Å²) in [5.74, 6) is 0.426. The molecule has 0 amide bonds. The van der Waals surface area contributed by atoms with Crippen LogP contribution in [0.5, 0.6) is 11.5 Å². The summed E-state index contributed by atoms with van der Waals surface area (Å²) in [6.45, 7) is 1.74. The van der Waals surface area contributed by atoms with Gasteiger partial charge in [0.05, 0.1) is 24.3 Å². The fraction of sp³-hybridized carbons (Fsp3) is 0.235. The van der Waals surface area contributed by atoms with Crippen LogP contribution in [-0.4, -0.2) is 34.7 Å². The molecule has 0 bridgehead atoms. The first-order chi connectivity index (χ1) is 11.9. The molecular formula is C17H19NO6S. The number of nitrogens with one attached hydrogen (secondary N) is 1. The molecule has 2 rings (SSSR count). The first-order valence-corrected chi connectivity index (χ1v) is 8.98. The summed E-state index contributed by atoms with van der Waals surface area (Å²) < 4.78 is 42.3. The second kappa shape index (κ2) is 8.39. The monoisotopic (exact) mass is 365 g/mol. The number of rotatable bonds is 8. The zero-order valence-corrected chi connectivity index (χ0v) is 14.7. The number of benzene rings is 2. The Morgan fingerprint density at radius 2 is 1.80 bits per heavy atom. The van der Waals surface area contributed by atoms with Crippen LogP contribution in [0, 0.1) is 0 Å². The number of ether oxygens (including phenoxy) is 3. The van der Waals surface area contributed by atoms with Gasteiger partial charge in [-0.1, -0.05) is 6.07 Å². The van der Waals surface area contributed by atoms with Crippen molar-refractivity contribution in [1.82, 2.24) is 0 Å². The van der Waals surface area contributed by atoms with Gasteiger partial charge in [0.25, 0.3) is 10.0 Å². The lowest BCUT2D eigenvalue weighted by atomic mass is 10.3. The molecular weight excluding hydrogens is 346 g/mol.